The van der Waals surface area contributed by atoms with Crippen molar-refractivity contribution in [2.24, 2.45) is 0 Å². The Kier molecular flexibility index (Phi) is 5.55. The number of para-hydroxylation sites is 2. The SMILES string of the molecule is CCCNC(=O)[C@H]1CN(C(=S)NCc2ccco2)c2ccccc2O1. The van der Waals surface area contributed by atoms with Crippen molar-refractivity contribution in [2.45, 2.75) is 26.0 Å². The van der Waals surface area contributed by atoms with Gasteiger partial charge in [0.25, 0.3) is 5.91 Å². The fourth-order valence-electron chi connectivity index (χ4n) is 2.60. The normalized spacial score (nSPS) is 15.9. The Balaban J connectivity index is 1.74. The number of amides is 1. The second kappa shape index (κ2) is 8.02. The molecule has 2 N–H and O–H groups in total. The van der Waals surface area contributed by atoms with Crippen LogP contribution in [0.25, 0.3) is 0 Å². The van der Waals surface area contributed by atoms with Crippen LogP contribution in [0.1, 0.15) is 19.1 Å². The van der Waals surface area contributed by atoms with E-state index in [0.717, 1.165) is 17.9 Å². The minimum absolute atomic E-state index is 0.129. The largest absolute Gasteiger partial charge is 0.477 e. The number of hydrogen-bond donors (Lipinski definition) is 2. The molecule has 0 bridgehead atoms. The molecule has 2 aromatic rings. The van der Waals surface area contributed by atoms with Gasteiger partial charge in [0.2, 0.25) is 0 Å². The summed E-state index contributed by atoms with van der Waals surface area (Å²) < 4.78 is 11.2. The van der Waals surface area contributed by atoms with Gasteiger partial charge >= 0.3 is 0 Å². The van der Waals surface area contributed by atoms with Crippen LogP contribution in [-0.4, -0.2) is 30.2 Å². The maximum absolute atomic E-state index is 12.3. The van der Waals surface area contributed by atoms with E-state index in [-0.39, 0.29) is 5.91 Å². The Hall–Kier alpha value is -2.54. The number of thiocarbonyl (C=S) groups is 1. The molecule has 6 nitrogen and oxygen atoms in total. The van der Waals surface area contributed by atoms with Crippen molar-refractivity contribution >= 4 is 28.9 Å². The molecule has 0 spiro atoms. The average molecular weight is 359 g/mol. The van der Waals surface area contributed by atoms with E-state index in [1.165, 1.54) is 0 Å². The van der Waals surface area contributed by atoms with Crippen LogP contribution in [-0.2, 0) is 11.3 Å². The summed E-state index contributed by atoms with van der Waals surface area (Å²) in [5.74, 6) is 1.31. The van der Waals surface area contributed by atoms with Crippen molar-refractivity contribution in [3.8, 4) is 5.75 Å². The molecule has 1 aromatic carbocycles. The molecule has 25 heavy (non-hydrogen) atoms. The lowest BCUT2D eigenvalue weighted by Crippen LogP contribution is -2.53. The molecule has 1 aliphatic heterocycles. The van der Waals surface area contributed by atoms with Crippen molar-refractivity contribution in [1.29, 1.82) is 0 Å². The number of anilines is 1. The maximum Gasteiger partial charge on any atom is 0.262 e. The van der Waals surface area contributed by atoms with Gasteiger partial charge in [0.15, 0.2) is 11.2 Å². The van der Waals surface area contributed by atoms with Gasteiger partial charge in [-0.1, -0.05) is 19.1 Å². The lowest BCUT2D eigenvalue weighted by molar-refractivity contribution is -0.127. The molecule has 0 aliphatic carbocycles. The van der Waals surface area contributed by atoms with Crippen LogP contribution in [0.4, 0.5) is 5.69 Å². The number of carbonyl (C=O) groups is 1. The third-order valence-corrected chi connectivity index (χ3v) is 4.22. The first kappa shape index (κ1) is 17.3. The minimum atomic E-state index is -0.607. The van der Waals surface area contributed by atoms with Gasteiger partial charge in [-0.15, -0.1) is 0 Å². The molecule has 0 radical (unpaired) electrons. The first-order valence-electron chi connectivity index (χ1n) is 8.30. The molecular weight excluding hydrogens is 338 g/mol. The Morgan fingerprint density at radius 2 is 2.12 bits per heavy atom. The zero-order valence-electron chi connectivity index (χ0n) is 14.0. The van der Waals surface area contributed by atoms with Gasteiger partial charge in [0, 0.05) is 6.54 Å². The number of fused-ring (bicyclic) bond motifs is 1. The van der Waals surface area contributed by atoms with Crippen molar-refractivity contribution < 1.29 is 13.9 Å². The van der Waals surface area contributed by atoms with Gasteiger partial charge in [-0.05, 0) is 42.9 Å². The first-order chi connectivity index (χ1) is 12.2. The van der Waals surface area contributed by atoms with Gasteiger partial charge in [-0.3, -0.25) is 4.79 Å². The van der Waals surface area contributed by atoms with Crippen molar-refractivity contribution in [3.05, 3.63) is 48.4 Å². The van der Waals surface area contributed by atoms with Crippen molar-refractivity contribution in [2.75, 3.05) is 18.0 Å². The van der Waals surface area contributed by atoms with E-state index in [9.17, 15) is 4.79 Å². The maximum atomic E-state index is 12.3. The number of nitrogens with zero attached hydrogens (tertiary/aromatic N) is 1. The lowest BCUT2D eigenvalue weighted by Gasteiger charge is -2.35. The molecule has 0 unspecified atom stereocenters. The Morgan fingerprint density at radius 3 is 2.88 bits per heavy atom. The molecule has 3 rings (SSSR count). The van der Waals surface area contributed by atoms with Crippen molar-refractivity contribution in [3.63, 3.8) is 0 Å². The Bertz CT molecular complexity index is 733. The fourth-order valence-corrected chi connectivity index (χ4v) is 2.84. The van der Waals surface area contributed by atoms with Crippen LogP contribution >= 0.6 is 12.2 Å². The number of benzene rings is 1. The summed E-state index contributed by atoms with van der Waals surface area (Å²) in [5, 5.41) is 6.58. The highest BCUT2D eigenvalue weighted by molar-refractivity contribution is 7.80. The van der Waals surface area contributed by atoms with Gasteiger partial charge in [0.1, 0.15) is 11.5 Å². The third kappa shape index (κ3) is 4.11. The molecule has 0 saturated carbocycles. The van der Waals surface area contributed by atoms with Crippen LogP contribution in [0.5, 0.6) is 5.75 Å². The first-order valence-corrected chi connectivity index (χ1v) is 8.71. The van der Waals surface area contributed by atoms with Crippen LogP contribution in [0.2, 0.25) is 0 Å². The summed E-state index contributed by atoms with van der Waals surface area (Å²) >= 11 is 5.54. The molecule has 2 heterocycles. The smallest absolute Gasteiger partial charge is 0.262 e. The molecule has 1 aliphatic rings. The monoisotopic (exact) mass is 359 g/mol. The Labute approximate surface area is 152 Å². The highest BCUT2D eigenvalue weighted by atomic mass is 32.1. The van der Waals surface area contributed by atoms with Crippen LogP contribution < -0.4 is 20.3 Å². The zero-order chi connectivity index (χ0) is 17.6. The van der Waals surface area contributed by atoms with Crippen LogP contribution in [0.3, 0.4) is 0 Å². The second-order valence-electron chi connectivity index (χ2n) is 5.71. The summed E-state index contributed by atoms with van der Waals surface area (Å²) in [5.41, 5.74) is 0.846. The number of nitrogens with one attached hydrogen (secondary N) is 2. The average Bonchev–Trinajstić information content (AvgIpc) is 3.16. The molecular formula is C18H21N3O3S. The quantitative estimate of drug-likeness (QED) is 0.800. The number of rotatable bonds is 5. The molecule has 132 valence electrons. The predicted molar refractivity (Wildman–Crippen MR) is 99.7 cm³/mol. The second-order valence-corrected chi connectivity index (χ2v) is 6.10. The van der Waals surface area contributed by atoms with Crippen LogP contribution in [0, 0.1) is 0 Å². The topological polar surface area (TPSA) is 66.7 Å². The minimum Gasteiger partial charge on any atom is -0.477 e. The van der Waals surface area contributed by atoms with Crippen LogP contribution in [0.15, 0.2) is 47.1 Å². The fraction of sp³-hybridized carbons (Fsp3) is 0.333. The van der Waals surface area contributed by atoms with E-state index in [2.05, 4.69) is 10.6 Å². The van der Waals surface area contributed by atoms with Gasteiger partial charge in [-0.2, -0.15) is 0 Å². The molecule has 1 amide bonds. The number of furan rings is 1. The van der Waals surface area contributed by atoms with E-state index in [4.69, 9.17) is 21.4 Å². The molecule has 7 heteroatoms. The van der Waals surface area contributed by atoms with Gasteiger partial charge in [-0.25, -0.2) is 0 Å². The predicted octanol–water partition coefficient (Wildman–Crippen LogP) is 2.45. The third-order valence-electron chi connectivity index (χ3n) is 3.85. The lowest BCUT2D eigenvalue weighted by atomic mass is 10.2. The highest BCUT2D eigenvalue weighted by Gasteiger charge is 2.32. The van der Waals surface area contributed by atoms with E-state index < -0.39 is 6.10 Å². The standard InChI is InChI=1S/C18H21N3O3S/c1-2-9-19-17(22)16-12-21(14-7-3-4-8-15(14)24-16)18(25)20-11-13-6-5-10-23-13/h3-8,10,16H,2,9,11-12H2,1H3,(H,19,22)(H,20,25)/t16-/m1/s1. The number of hydrogen-bond acceptors (Lipinski definition) is 4. The molecule has 1 atom stereocenters. The Morgan fingerprint density at radius 1 is 1.28 bits per heavy atom. The van der Waals surface area contributed by atoms with Gasteiger partial charge < -0.3 is 24.7 Å². The van der Waals surface area contributed by atoms with E-state index in [0.29, 0.717) is 30.5 Å². The molecule has 1 aromatic heterocycles. The summed E-state index contributed by atoms with van der Waals surface area (Å²) in [4.78, 5) is 14.2. The number of carbonyl (C=O) groups excluding carboxylic acids is 1. The summed E-state index contributed by atoms with van der Waals surface area (Å²) in [6.45, 7) is 3.48. The van der Waals surface area contributed by atoms with E-state index in [1.54, 1.807) is 6.26 Å². The summed E-state index contributed by atoms with van der Waals surface area (Å²) in [7, 11) is 0. The molecule has 0 saturated heterocycles. The van der Waals surface area contributed by atoms with E-state index >= 15 is 0 Å². The van der Waals surface area contributed by atoms with Gasteiger partial charge in [0.05, 0.1) is 25.0 Å². The summed E-state index contributed by atoms with van der Waals surface area (Å²) in [6.07, 6.45) is 1.89. The van der Waals surface area contributed by atoms with E-state index in [1.807, 2.05) is 48.2 Å². The number of ether oxygens (including phenoxy) is 1. The highest BCUT2D eigenvalue weighted by Crippen LogP contribution is 2.33. The zero-order valence-corrected chi connectivity index (χ0v) is 14.8. The summed E-state index contributed by atoms with van der Waals surface area (Å²) in [6, 6.07) is 11.3. The van der Waals surface area contributed by atoms with Crippen molar-refractivity contribution in [1.82, 2.24) is 10.6 Å². The molecule has 0 fully saturated rings.